The molecule has 0 saturated carbocycles. The average molecular weight is 461 g/mol. The molecule has 0 aliphatic carbocycles. The van der Waals surface area contributed by atoms with Gasteiger partial charge in [-0.15, -0.1) is 11.3 Å². The SMILES string of the molecule is COc1ccc(-c2nn(-c3ccccc3)cc2C=C(C#N)c2nc(-c3ccccc3)cs2)cc1. The van der Waals surface area contributed by atoms with E-state index in [1.165, 1.54) is 11.3 Å². The number of ether oxygens (including phenoxy) is 1. The van der Waals surface area contributed by atoms with Crippen LogP contribution in [0.5, 0.6) is 5.75 Å². The number of para-hydroxylation sites is 1. The number of methoxy groups -OCH3 is 1. The van der Waals surface area contributed by atoms with Crippen molar-refractivity contribution in [2.45, 2.75) is 0 Å². The Morgan fingerprint density at radius 2 is 1.65 bits per heavy atom. The van der Waals surface area contributed by atoms with Crippen LogP contribution in [-0.2, 0) is 0 Å². The van der Waals surface area contributed by atoms with Crippen LogP contribution in [0.2, 0.25) is 0 Å². The molecule has 0 amide bonds. The highest BCUT2D eigenvalue weighted by Crippen LogP contribution is 2.31. The molecule has 0 atom stereocenters. The lowest BCUT2D eigenvalue weighted by atomic mass is 10.1. The Hall–Kier alpha value is -4.47. The maximum Gasteiger partial charge on any atom is 0.134 e. The maximum atomic E-state index is 9.98. The summed E-state index contributed by atoms with van der Waals surface area (Å²) in [7, 11) is 1.64. The lowest BCUT2D eigenvalue weighted by Gasteiger charge is -2.03. The molecule has 0 fully saturated rings. The fraction of sp³-hybridized carbons (Fsp3) is 0.0357. The van der Waals surface area contributed by atoms with Gasteiger partial charge in [-0.1, -0.05) is 48.5 Å². The normalized spacial score (nSPS) is 11.2. The van der Waals surface area contributed by atoms with E-state index in [2.05, 4.69) is 6.07 Å². The third-order valence-corrected chi connectivity index (χ3v) is 6.23. The van der Waals surface area contributed by atoms with Gasteiger partial charge < -0.3 is 4.74 Å². The molecule has 0 aliphatic heterocycles. The first kappa shape index (κ1) is 21.4. The number of thiazole rings is 1. The van der Waals surface area contributed by atoms with E-state index in [-0.39, 0.29) is 0 Å². The van der Waals surface area contributed by atoms with Crippen LogP contribution in [0, 0.1) is 11.3 Å². The Balaban J connectivity index is 1.59. The molecule has 0 saturated heterocycles. The van der Waals surface area contributed by atoms with E-state index in [1.807, 2.05) is 107 Å². The fourth-order valence-electron chi connectivity index (χ4n) is 3.62. The summed E-state index contributed by atoms with van der Waals surface area (Å²) >= 11 is 1.46. The van der Waals surface area contributed by atoms with E-state index in [4.69, 9.17) is 14.8 Å². The van der Waals surface area contributed by atoms with Crippen molar-refractivity contribution < 1.29 is 4.74 Å². The van der Waals surface area contributed by atoms with Gasteiger partial charge in [-0.2, -0.15) is 10.4 Å². The molecule has 5 aromatic rings. The second-order valence-corrected chi connectivity index (χ2v) is 8.37. The molecule has 0 aliphatic rings. The van der Waals surface area contributed by atoms with Crippen molar-refractivity contribution in [2.75, 3.05) is 7.11 Å². The molecule has 0 N–H and O–H groups in total. The van der Waals surface area contributed by atoms with Crippen molar-refractivity contribution >= 4 is 23.0 Å². The molecular formula is C28H20N4OS. The first-order valence-electron chi connectivity index (χ1n) is 10.7. The summed E-state index contributed by atoms with van der Waals surface area (Å²) in [6.45, 7) is 0. The zero-order valence-electron chi connectivity index (χ0n) is 18.4. The number of rotatable bonds is 6. The summed E-state index contributed by atoms with van der Waals surface area (Å²) < 4.78 is 7.13. The number of nitrogens with zero attached hydrogens (tertiary/aromatic N) is 4. The standard InChI is InChI=1S/C28H20N4OS/c1-33-25-14-12-21(13-15-25)27-23(18-32(31-27)24-10-6-3-7-11-24)16-22(17-29)28-30-26(19-34-28)20-8-4-2-5-9-20/h2-16,18-19H,1H3. The van der Waals surface area contributed by atoms with Crippen molar-refractivity contribution in [1.29, 1.82) is 5.26 Å². The Morgan fingerprint density at radius 3 is 2.32 bits per heavy atom. The Morgan fingerprint density at radius 1 is 0.941 bits per heavy atom. The highest BCUT2D eigenvalue weighted by Gasteiger charge is 2.15. The molecular weight excluding hydrogens is 440 g/mol. The molecule has 0 bridgehead atoms. The van der Waals surface area contributed by atoms with Gasteiger partial charge in [0, 0.05) is 28.3 Å². The van der Waals surface area contributed by atoms with Gasteiger partial charge in [0.2, 0.25) is 0 Å². The zero-order chi connectivity index (χ0) is 23.3. The van der Waals surface area contributed by atoms with Crippen molar-refractivity contribution in [3.05, 3.63) is 107 Å². The molecule has 0 radical (unpaired) electrons. The summed E-state index contributed by atoms with van der Waals surface area (Å²) in [5.41, 5.74) is 5.87. The number of aromatic nitrogens is 3. The topological polar surface area (TPSA) is 63.7 Å². The number of hydrogen-bond acceptors (Lipinski definition) is 5. The summed E-state index contributed by atoms with van der Waals surface area (Å²) in [4.78, 5) is 4.72. The highest BCUT2D eigenvalue weighted by molar-refractivity contribution is 7.11. The van der Waals surface area contributed by atoms with Gasteiger partial charge in [0.15, 0.2) is 0 Å². The molecule has 2 aromatic heterocycles. The fourth-order valence-corrected chi connectivity index (χ4v) is 4.41. The van der Waals surface area contributed by atoms with Crippen LogP contribution in [0.4, 0.5) is 0 Å². The van der Waals surface area contributed by atoms with E-state index in [0.29, 0.717) is 10.6 Å². The van der Waals surface area contributed by atoms with Crippen molar-refractivity contribution in [2.24, 2.45) is 0 Å². The van der Waals surface area contributed by atoms with Gasteiger partial charge in [0.25, 0.3) is 0 Å². The van der Waals surface area contributed by atoms with Gasteiger partial charge in [-0.05, 0) is 42.5 Å². The van der Waals surface area contributed by atoms with Crippen LogP contribution in [0.15, 0.2) is 96.5 Å². The predicted molar refractivity (Wildman–Crippen MR) is 137 cm³/mol. The molecule has 6 heteroatoms. The van der Waals surface area contributed by atoms with Gasteiger partial charge in [-0.3, -0.25) is 0 Å². The molecule has 0 spiro atoms. The highest BCUT2D eigenvalue weighted by atomic mass is 32.1. The summed E-state index contributed by atoms with van der Waals surface area (Å²) in [6.07, 6.45) is 3.80. The minimum absolute atomic E-state index is 0.495. The van der Waals surface area contributed by atoms with Crippen LogP contribution in [0.3, 0.4) is 0 Å². The molecule has 5 rings (SSSR count). The molecule has 5 nitrogen and oxygen atoms in total. The van der Waals surface area contributed by atoms with E-state index in [9.17, 15) is 5.26 Å². The average Bonchev–Trinajstić information content (AvgIpc) is 3.56. The van der Waals surface area contributed by atoms with Crippen molar-refractivity contribution in [3.8, 4) is 40.0 Å². The third kappa shape index (κ3) is 4.38. The van der Waals surface area contributed by atoms with E-state index < -0.39 is 0 Å². The van der Waals surface area contributed by atoms with Crippen molar-refractivity contribution in [3.63, 3.8) is 0 Å². The van der Waals surface area contributed by atoms with Gasteiger partial charge >= 0.3 is 0 Å². The lowest BCUT2D eigenvalue weighted by molar-refractivity contribution is 0.415. The summed E-state index contributed by atoms with van der Waals surface area (Å²) in [5.74, 6) is 0.775. The Bertz CT molecular complexity index is 1480. The second kappa shape index (κ2) is 9.57. The molecule has 34 heavy (non-hydrogen) atoms. The largest absolute Gasteiger partial charge is 0.497 e. The number of allylic oxidation sites excluding steroid dienone is 1. The lowest BCUT2D eigenvalue weighted by Crippen LogP contribution is -1.94. The van der Waals surface area contributed by atoms with Crippen LogP contribution in [-0.4, -0.2) is 21.9 Å². The number of hydrogen-bond donors (Lipinski definition) is 0. The van der Waals surface area contributed by atoms with Crippen LogP contribution >= 0.6 is 11.3 Å². The van der Waals surface area contributed by atoms with Crippen LogP contribution < -0.4 is 4.74 Å². The van der Waals surface area contributed by atoms with Crippen molar-refractivity contribution in [1.82, 2.24) is 14.8 Å². The van der Waals surface area contributed by atoms with E-state index >= 15 is 0 Å². The minimum Gasteiger partial charge on any atom is -0.497 e. The number of benzene rings is 3. The predicted octanol–water partition coefficient (Wildman–Crippen LogP) is 6.74. The monoisotopic (exact) mass is 460 g/mol. The summed E-state index contributed by atoms with van der Waals surface area (Å²) in [6, 6.07) is 30.0. The summed E-state index contributed by atoms with van der Waals surface area (Å²) in [5, 5.41) is 17.5. The molecule has 3 aromatic carbocycles. The van der Waals surface area contributed by atoms with Gasteiger partial charge in [0.05, 0.1) is 29.8 Å². The Labute approximate surface area is 201 Å². The minimum atomic E-state index is 0.495. The van der Waals surface area contributed by atoms with Crippen LogP contribution in [0.1, 0.15) is 10.6 Å². The first-order chi connectivity index (χ1) is 16.7. The first-order valence-corrected chi connectivity index (χ1v) is 11.6. The molecule has 2 heterocycles. The molecule has 164 valence electrons. The quantitative estimate of drug-likeness (QED) is 0.263. The smallest absolute Gasteiger partial charge is 0.134 e. The number of nitriles is 1. The third-order valence-electron chi connectivity index (χ3n) is 5.35. The Kier molecular flexibility index (Phi) is 6.02. The van der Waals surface area contributed by atoms with E-state index in [0.717, 1.165) is 39.5 Å². The van der Waals surface area contributed by atoms with Gasteiger partial charge in [-0.25, -0.2) is 9.67 Å². The van der Waals surface area contributed by atoms with Gasteiger partial charge in [0.1, 0.15) is 16.8 Å². The molecule has 0 unspecified atom stereocenters. The second-order valence-electron chi connectivity index (χ2n) is 7.52. The van der Waals surface area contributed by atoms with E-state index in [1.54, 1.807) is 7.11 Å². The van der Waals surface area contributed by atoms with Crippen LogP contribution in [0.25, 0.3) is 39.9 Å². The zero-order valence-corrected chi connectivity index (χ0v) is 19.2. The maximum absolute atomic E-state index is 9.98.